The minimum atomic E-state index is -0.631. The summed E-state index contributed by atoms with van der Waals surface area (Å²) in [5.74, 6) is 0.201. The second-order valence-corrected chi connectivity index (χ2v) is 6.10. The number of hydrogen-bond donors (Lipinski definition) is 1. The Morgan fingerprint density at radius 2 is 2.16 bits per heavy atom. The third-order valence-electron chi connectivity index (χ3n) is 4.91. The Morgan fingerprint density at radius 3 is 2.84 bits per heavy atom. The van der Waals surface area contributed by atoms with E-state index in [4.69, 9.17) is 4.74 Å². The van der Waals surface area contributed by atoms with Gasteiger partial charge in [0.2, 0.25) is 0 Å². The molecule has 5 nitrogen and oxygen atoms in total. The highest BCUT2D eigenvalue weighted by Gasteiger charge is 2.55. The number of ether oxygens (including phenoxy) is 1. The zero-order valence-electron chi connectivity index (χ0n) is 11.5. The van der Waals surface area contributed by atoms with Gasteiger partial charge in [-0.3, -0.25) is 9.69 Å². The van der Waals surface area contributed by atoms with Crippen molar-refractivity contribution in [3.05, 3.63) is 0 Å². The predicted octanol–water partition coefficient (Wildman–Crippen LogP) is 1.67. The second-order valence-electron chi connectivity index (χ2n) is 6.10. The van der Waals surface area contributed by atoms with Crippen LogP contribution in [-0.4, -0.2) is 41.6 Å². The molecule has 3 aliphatic rings. The highest BCUT2D eigenvalue weighted by molar-refractivity contribution is 6.07. The van der Waals surface area contributed by atoms with Crippen LogP contribution in [0.25, 0.3) is 0 Å². The Balaban J connectivity index is 1.76. The van der Waals surface area contributed by atoms with Gasteiger partial charge < -0.3 is 10.1 Å². The van der Waals surface area contributed by atoms with Crippen LogP contribution in [0, 0.1) is 5.92 Å². The van der Waals surface area contributed by atoms with Gasteiger partial charge in [-0.15, -0.1) is 0 Å². The van der Waals surface area contributed by atoms with E-state index in [1.54, 1.807) is 0 Å². The van der Waals surface area contributed by atoms with Crippen molar-refractivity contribution in [3.8, 4) is 0 Å². The minimum absolute atomic E-state index is 0.0276. The van der Waals surface area contributed by atoms with Gasteiger partial charge in [0.05, 0.1) is 12.6 Å². The van der Waals surface area contributed by atoms with E-state index in [-0.39, 0.29) is 24.0 Å². The summed E-state index contributed by atoms with van der Waals surface area (Å²) in [5.41, 5.74) is -0.631. The molecule has 0 radical (unpaired) electrons. The molecule has 3 atom stereocenters. The molecule has 2 aliphatic heterocycles. The molecule has 3 fully saturated rings. The summed E-state index contributed by atoms with van der Waals surface area (Å²) in [6, 6.07) is -0.228. The standard InChI is InChI=1S/C14H22N2O3/c1-10-5-2-3-7-14(10)12(17)16(13(18)15-14)9-11-6-4-8-19-11/h10-11H,2-9H2,1H3,(H,15,18)/t10-,11-,14+/m0/s1. The number of nitrogens with zero attached hydrogens (tertiary/aromatic N) is 1. The number of nitrogens with one attached hydrogen (secondary N) is 1. The highest BCUT2D eigenvalue weighted by atomic mass is 16.5. The summed E-state index contributed by atoms with van der Waals surface area (Å²) >= 11 is 0. The van der Waals surface area contributed by atoms with Crippen molar-refractivity contribution in [2.75, 3.05) is 13.2 Å². The lowest BCUT2D eigenvalue weighted by molar-refractivity contribution is -0.135. The number of carbonyl (C=O) groups excluding carboxylic acids is 2. The molecule has 1 N–H and O–H groups in total. The quantitative estimate of drug-likeness (QED) is 0.773. The molecule has 0 aromatic carbocycles. The fourth-order valence-electron chi connectivity index (χ4n) is 3.65. The van der Waals surface area contributed by atoms with Crippen LogP contribution in [0.2, 0.25) is 0 Å². The summed E-state index contributed by atoms with van der Waals surface area (Å²) in [6.07, 6.45) is 5.96. The van der Waals surface area contributed by atoms with Crippen LogP contribution in [0.1, 0.15) is 45.4 Å². The lowest BCUT2D eigenvalue weighted by Gasteiger charge is -2.36. The van der Waals surface area contributed by atoms with E-state index < -0.39 is 5.54 Å². The third kappa shape index (κ3) is 2.04. The molecule has 1 spiro atoms. The molecule has 1 aliphatic carbocycles. The maximum absolute atomic E-state index is 12.7. The molecule has 3 rings (SSSR count). The average molecular weight is 266 g/mol. The van der Waals surface area contributed by atoms with Crippen LogP contribution >= 0.6 is 0 Å². The molecular weight excluding hydrogens is 244 g/mol. The highest BCUT2D eigenvalue weighted by Crippen LogP contribution is 2.38. The predicted molar refractivity (Wildman–Crippen MR) is 69.6 cm³/mol. The molecule has 2 saturated heterocycles. The van der Waals surface area contributed by atoms with Crippen molar-refractivity contribution < 1.29 is 14.3 Å². The molecule has 0 bridgehead atoms. The first-order valence-corrected chi connectivity index (χ1v) is 7.39. The first kappa shape index (κ1) is 12.9. The maximum atomic E-state index is 12.7. The summed E-state index contributed by atoms with van der Waals surface area (Å²) in [7, 11) is 0. The molecule has 0 aromatic heterocycles. The van der Waals surface area contributed by atoms with E-state index in [1.165, 1.54) is 4.90 Å². The summed E-state index contributed by atoms with van der Waals surface area (Å²) in [6.45, 7) is 3.24. The topological polar surface area (TPSA) is 58.6 Å². The van der Waals surface area contributed by atoms with Gasteiger partial charge >= 0.3 is 6.03 Å². The van der Waals surface area contributed by atoms with Crippen molar-refractivity contribution in [1.29, 1.82) is 0 Å². The normalized spacial score (nSPS) is 39.1. The lowest BCUT2D eigenvalue weighted by Crippen LogP contribution is -2.54. The van der Waals surface area contributed by atoms with Gasteiger partial charge in [0.25, 0.3) is 5.91 Å². The van der Waals surface area contributed by atoms with Crippen LogP contribution in [0.3, 0.4) is 0 Å². The van der Waals surface area contributed by atoms with E-state index >= 15 is 0 Å². The van der Waals surface area contributed by atoms with E-state index in [9.17, 15) is 9.59 Å². The van der Waals surface area contributed by atoms with Gasteiger partial charge in [0, 0.05) is 6.61 Å². The fraction of sp³-hybridized carbons (Fsp3) is 0.857. The van der Waals surface area contributed by atoms with Crippen molar-refractivity contribution in [3.63, 3.8) is 0 Å². The molecule has 1 saturated carbocycles. The Bertz CT molecular complexity index is 392. The first-order chi connectivity index (χ1) is 9.13. The molecule has 3 amide bonds. The molecule has 106 valence electrons. The Kier molecular flexibility index (Phi) is 3.25. The molecule has 5 heteroatoms. The molecule has 2 heterocycles. The van der Waals surface area contributed by atoms with Gasteiger partial charge in [-0.25, -0.2) is 4.79 Å². The fourth-order valence-corrected chi connectivity index (χ4v) is 3.65. The lowest BCUT2D eigenvalue weighted by atomic mass is 9.73. The molecule has 0 aromatic rings. The van der Waals surface area contributed by atoms with Gasteiger partial charge in [-0.2, -0.15) is 0 Å². The monoisotopic (exact) mass is 266 g/mol. The number of urea groups is 1. The zero-order chi connectivity index (χ0) is 13.5. The number of hydrogen-bond acceptors (Lipinski definition) is 3. The Labute approximate surface area is 113 Å². The van der Waals surface area contributed by atoms with E-state index in [0.717, 1.165) is 45.1 Å². The Morgan fingerprint density at radius 1 is 1.32 bits per heavy atom. The maximum Gasteiger partial charge on any atom is 0.325 e. The van der Waals surface area contributed by atoms with Crippen LogP contribution in [0.5, 0.6) is 0 Å². The zero-order valence-corrected chi connectivity index (χ0v) is 11.5. The van der Waals surface area contributed by atoms with Gasteiger partial charge in [0.1, 0.15) is 5.54 Å². The Hall–Kier alpha value is -1.10. The number of rotatable bonds is 2. The summed E-state index contributed by atoms with van der Waals surface area (Å²) in [5, 5.41) is 2.97. The van der Waals surface area contributed by atoms with E-state index in [2.05, 4.69) is 12.2 Å². The van der Waals surface area contributed by atoms with Crippen LogP contribution < -0.4 is 5.32 Å². The van der Waals surface area contributed by atoms with Gasteiger partial charge in [-0.1, -0.05) is 19.8 Å². The number of carbonyl (C=O) groups is 2. The van der Waals surface area contributed by atoms with Gasteiger partial charge in [0.15, 0.2) is 0 Å². The van der Waals surface area contributed by atoms with Crippen molar-refractivity contribution in [1.82, 2.24) is 10.2 Å². The van der Waals surface area contributed by atoms with Crippen molar-refractivity contribution >= 4 is 11.9 Å². The van der Waals surface area contributed by atoms with Gasteiger partial charge in [-0.05, 0) is 31.6 Å². The van der Waals surface area contributed by atoms with Crippen LogP contribution in [0.15, 0.2) is 0 Å². The molecular formula is C14H22N2O3. The minimum Gasteiger partial charge on any atom is -0.376 e. The smallest absolute Gasteiger partial charge is 0.325 e. The number of imide groups is 1. The van der Waals surface area contributed by atoms with Crippen LogP contribution in [-0.2, 0) is 9.53 Å². The van der Waals surface area contributed by atoms with E-state index in [0.29, 0.717) is 6.54 Å². The van der Waals surface area contributed by atoms with Crippen molar-refractivity contribution in [2.24, 2.45) is 5.92 Å². The van der Waals surface area contributed by atoms with Crippen molar-refractivity contribution in [2.45, 2.75) is 57.1 Å². The SMILES string of the molecule is C[C@H]1CCCC[C@@]12NC(=O)N(C[C@@H]1CCCO1)C2=O. The summed E-state index contributed by atoms with van der Waals surface area (Å²) in [4.78, 5) is 26.2. The summed E-state index contributed by atoms with van der Waals surface area (Å²) < 4.78 is 5.54. The largest absolute Gasteiger partial charge is 0.376 e. The number of amides is 3. The average Bonchev–Trinajstić information content (AvgIpc) is 2.97. The first-order valence-electron chi connectivity index (χ1n) is 7.39. The third-order valence-corrected chi connectivity index (χ3v) is 4.91. The molecule has 0 unspecified atom stereocenters. The van der Waals surface area contributed by atoms with E-state index in [1.807, 2.05) is 0 Å². The van der Waals surface area contributed by atoms with Crippen LogP contribution in [0.4, 0.5) is 4.79 Å². The second kappa shape index (κ2) is 4.78. The molecule has 19 heavy (non-hydrogen) atoms.